The minimum atomic E-state index is -0.582. The van der Waals surface area contributed by atoms with E-state index in [1.165, 1.54) is 0 Å². The van der Waals surface area contributed by atoms with Gasteiger partial charge in [-0.15, -0.1) is 46.4 Å². The molecule has 0 aromatic heterocycles. The summed E-state index contributed by atoms with van der Waals surface area (Å²) in [6, 6.07) is -1.34. The standard InChI is InChI=1S/C18H28Cl4N4O2/c19-5-7-25-9-11(21)1-3-13(25)15-17(27)24-16(18(28)23-15)14-4-2-12(22)10-26(14)8-6-20/h11-16H,1-10H2,(H,23,28)(H,24,27). The van der Waals surface area contributed by atoms with Crippen molar-refractivity contribution in [1.29, 1.82) is 0 Å². The van der Waals surface area contributed by atoms with Crippen molar-refractivity contribution in [2.75, 3.05) is 37.9 Å². The maximum Gasteiger partial charge on any atom is 0.244 e. The van der Waals surface area contributed by atoms with Crippen molar-refractivity contribution in [3.05, 3.63) is 0 Å². The zero-order valence-electron chi connectivity index (χ0n) is 15.8. The molecule has 3 heterocycles. The van der Waals surface area contributed by atoms with Crippen molar-refractivity contribution in [3.8, 4) is 0 Å². The smallest absolute Gasteiger partial charge is 0.244 e. The second-order valence-electron chi connectivity index (χ2n) is 7.82. The Morgan fingerprint density at radius 3 is 1.50 bits per heavy atom. The van der Waals surface area contributed by atoms with Crippen molar-refractivity contribution in [2.45, 2.75) is 60.6 Å². The largest absolute Gasteiger partial charge is 0.341 e. The molecule has 0 radical (unpaired) electrons. The van der Waals surface area contributed by atoms with Crippen LogP contribution in [0.1, 0.15) is 25.7 Å². The summed E-state index contributed by atoms with van der Waals surface area (Å²) in [6.45, 7) is 2.63. The molecule has 3 saturated heterocycles. The summed E-state index contributed by atoms with van der Waals surface area (Å²) < 4.78 is 0. The van der Waals surface area contributed by atoms with Crippen molar-refractivity contribution >= 4 is 58.2 Å². The SMILES string of the molecule is O=C1NC(C2CCC(Cl)CN2CCCl)C(=O)NC1C1CCC(Cl)CN1CCCl. The van der Waals surface area contributed by atoms with Crippen LogP contribution >= 0.6 is 46.4 Å². The first-order valence-corrected chi connectivity index (χ1v) is 11.9. The average molecular weight is 474 g/mol. The lowest BCUT2D eigenvalue weighted by molar-refractivity contribution is -0.141. The highest BCUT2D eigenvalue weighted by atomic mass is 35.5. The van der Waals surface area contributed by atoms with E-state index in [0.29, 0.717) is 37.9 Å². The summed E-state index contributed by atoms with van der Waals surface area (Å²) in [6.07, 6.45) is 3.14. The number of hydrogen-bond acceptors (Lipinski definition) is 4. The third kappa shape index (κ3) is 5.19. The second kappa shape index (κ2) is 10.4. The summed E-state index contributed by atoms with van der Waals surface area (Å²) in [7, 11) is 0. The molecular formula is C18H28Cl4N4O2. The molecule has 0 spiro atoms. The Hall–Kier alpha value is 0.0200. The number of nitrogens with zero attached hydrogens (tertiary/aromatic N) is 2. The molecule has 3 aliphatic rings. The topological polar surface area (TPSA) is 64.7 Å². The predicted octanol–water partition coefficient (Wildman–Crippen LogP) is 1.59. The van der Waals surface area contributed by atoms with Crippen molar-refractivity contribution in [2.24, 2.45) is 0 Å². The number of halogens is 4. The number of piperidine rings is 2. The van der Waals surface area contributed by atoms with Gasteiger partial charge in [0.05, 0.1) is 0 Å². The Bertz CT molecular complexity index is 522. The van der Waals surface area contributed by atoms with Crippen molar-refractivity contribution < 1.29 is 9.59 Å². The molecule has 6 atom stereocenters. The quantitative estimate of drug-likeness (QED) is 0.575. The summed E-state index contributed by atoms with van der Waals surface area (Å²) in [5.74, 6) is 0.641. The number of amides is 2. The van der Waals surface area contributed by atoms with Gasteiger partial charge in [-0.2, -0.15) is 0 Å². The maximum atomic E-state index is 13.0. The van der Waals surface area contributed by atoms with Crippen LogP contribution in [0.15, 0.2) is 0 Å². The van der Waals surface area contributed by atoms with Crippen LogP contribution in [0.2, 0.25) is 0 Å². The second-order valence-corrected chi connectivity index (χ2v) is 9.81. The van der Waals surface area contributed by atoms with Gasteiger partial charge in [0.25, 0.3) is 0 Å². The van der Waals surface area contributed by atoms with E-state index in [9.17, 15) is 9.59 Å². The lowest BCUT2D eigenvalue weighted by Crippen LogP contribution is -2.72. The van der Waals surface area contributed by atoms with Crippen LogP contribution in [-0.4, -0.2) is 94.5 Å². The van der Waals surface area contributed by atoms with E-state index in [4.69, 9.17) is 46.4 Å². The molecule has 0 bridgehead atoms. The monoisotopic (exact) mass is 472 g/mol. The van der Waals surface area contributed by atoms with Gasteiger partial charge in [-0.3, -0.25) is 19.4 Å². The van der Waals surface area contributed by atoms with E-state index < -0.39 is 12.1 Å². The molecule has 0 aromatic carbocycles. The molecule has 0 aromatic rings. The highest BCUT2D eigenvalue weighted by Gasteiger charge is 2.46. The normalized spacial score (nSPS) is 38.1. The minimum absolute atomic E-state index is 0.0458. The Labute approximate surface area is 186 Å². The molecule has 3 aliphatic heterocycles. The highest BCUT2D eigenvalue weighted by molar-refractivity contribution is 6.21. The van der Waals surface area contributed by atoms with Crippen molar-refractivity contribution in [1.82, 2.24) is 20.4 Å². The molecule has 6 nitrogen and oxygen atoms in total. The summed E-state index contributed by atoms with van der Waals surface area (Å²) >= 11 is 24.5. The fourth-order valence-electron chi connectivity index (χ4n) is 4.68. The molecule has 2 amide bonds. The van der Waals surface area contributed by atoms with Gasteiger partial charge in [0.2, 0.25) is 11.8 Å². The summed E-state index contributed by atoms with van der Waals surface area (Å²) in [5.41, 5.74) is 0. The first-order valence-electron chi connectivity index (χ1n) is 9.93. The lowest BCUT2D eigenvalue weighted by atomic mass is 9.89. The van der Waals surface area contributed by atoms with Gasteiger partial charge in [0, 0.05) is 60.8 Å². The van der Waals surface area contributed by atoms with Crippen LogP contribution in [-0.2, 0) is 9.59 Å². The Balaban J connectivity index is 1.69. The number of hydrogen-bond donors (Lipinski definition) is 2. The van der Waals surface area contributed by atoms with Crippen LogP contribution in [0.5, 0.6) is 0 Å². The third-order valence-corrected chi connectivity index (χ3v) is 7.08. The van der Waals surface area contributed by atoms with Crippen LogP contribution < -0.4 is 10.6 Å². The van der Waals surface area contributed by atoms with Crippen LogP contribution in [0.3, 0.4) is 0 Å². The molecule has 10 heteroatoms. The van der Waals surface area contributed by atoms with Crippen LogP contribution in [0, 0.1) is 0 Å². The average Bonchev–Trinajstić information content (AvgIpc) is 2.65. The number of carbonyl (C=O) groups is 2. The first kappa shape index (κ1) is 22.7. The Morgan fingerprint density at radius 2 is 1.14 bits per heavy atom. The van der Waals surface area contributed by atoms with Gasteiger partial charge in [-0.05, 0) is 25.7 Å². The maximum absolute atomic E-state index is 13.0. The fourth-order valence-corrected chi connectivity index (χ4v) is 5.72. The van der Waals surface area contributed by atoms with E-state index in [1.807, 2.05) is 0 Å². The molecule has 6 unspecified atom stereocenters. The minimum Gasteiger partial charge on any atom is -0.341 e. The van der Waals surface area contributed by atoms with Gasteiger partial charge in [-0.25, -0.2) is 0 Å². The number of piperazine rings is 1. The number of rotatable bonds is 6. The number of likely N-dealkylation sites (tertiary alicyclic amines) is 2. The van der Waals surface area contributed by atoms with Crippen molar-refractivity contribution in [3.63, 3.8) is 0 Å². The number of alkyl halides is 4. The fraction of sp³-hybridized carbons (Fsp3) is 0.889. The molecule has 0 aliphatic carbocycles. The van der Waals surface area contributed by atoms with Gasteiger partial charge in [0.1, 0.15) is 12.1 Å². The van der Waals surface area contributed by atoms with E-state index in [2.05, 4.69) is 20.4 Å². The van der Waals surface area contributed by atoms with E-state index in [1.54, 1.807) is 0 Å². The zero-order valence-corrected chi connectivity index (χ0v) is 18.8. The molecular weight excluding hydrogens is 446 g/mol. The zero-order chi connectivity index (χ0) is 20.3. The number of carbonyl (C=O) groups excluding carboxylic acids is 2. The first-order chi connectivity index (χ1) is 13.4. The van der Waals surface area contributed by atoms with Crippen LogP contribution in [0.25, 0.3) is 0 Å². The third-order valence-electron chi connectivity index (χ3n) is 6.03. The molecule has 160 valence electrons. The van der Waals surface area contributed by atoms with Gasteiger partial charge in [0.15, 0.2) is 0 Å². The number of nitrogens with one attached hydrogen (secondary N) is 2. The molecule has 0 saturated carbocycles. The van der Waals surface area contributed by atoms with Crippen LogP contribution in [0.4, 0.5) is 0 Å². The molecule has 28 heavy (non-hydrogen) atoms. The predicted molar refractivity (Wildman–Crippen MR) is 114 cm³/mol. The van der Waals surface area contributed by atoms with E-state index >= 15 is 0 Å². The van der Waals surface area contributed by atoms with Gasteiger partial charge in [-0.1, -0.05) is 0 Å². The lowest BCUT2D eigenvalue weighted by Gasteiger charge is -2.46. The summed E-state index contributed by atoms with van der Waals surface area (Å²) in [4.78, 5) is 30.2. The van der Waals surface area contributed by atoms with E-state index in [0.717, 1.165) is 25.7 Å². The Kier molecular flexibility index (Phi) is 8.40. The Morgan fingerprint density at radius 1 is 0.750 bits per heavy atom. The van der Waals surface area contributed by atoms with Gasteiger partial charge >= 0.3 is 0 Å². The highest BCUT2D eigenvalue weighted by Crippen LogP contribution is 2.27. The molecule has 3 rings (SSSR count). The van der Waals surface area contributed by atoms with Gasteiger partial charge < -0.3 is 10.6 Å². The molecule has 2 N–H and O–H groups in total. The van der Waals surface area contributed by atoms with E-state index in [-0.39, 0.29) is 34.7 Å². The summed E-state index contributed by atoms with van der Waals surface area (Å²) in [5, 5.41) is 6.07. The molecule has 3 fully saturated rings.